The van der Waals surface area contributed by atoms with Gasteiger partial charge in [-0.2, -0.15) is 5.10 Å². The fourth-order valence-electron chi connectivity index (χ4n) is 4.39. The molecule has 36 heavy (non-hydrogen) atoms. The van der Waals surface area contributed by atoms with Crippen LogP contribution in [0.3, 0.4) is 0 Å². The van der Waals surface area contributed by atoms with Crippen LogP contribution in [0.1, 0.15) is 18.5 Å². The van der Waals surface area contributed by atoms with Crippen LogP contribution in [0.4, 0.5) is 5.69 Å². The first-order valence-electron chi connectivity index (χ1n) is 11.7. The molecule has 1 aliphatic carbocycles. The van der Waals surface area contributed by atoms with E-state index >= 15 is 0 Å². The molecule has 10 heteroatoms. The predicted octanol–water partition coefficient (Wildman–Crippen LogP) is 4.41. The van der Waals surface area contributed by atoms with Crippen molar-refractivity contribution in [2.45, 2.75) is 19.8 Å². The fraction of sp³-hybridized carbons (Fsp3) is 0.154. The van der Waals surface area contributed by atoms with Crippen molar-refractivity contribution in [2.24, 2.45) is 5.92 Å². The Morgan fingerprint density at radius 3 is 2.83 bits per heavy atom. The van der Waals surface area contributed by atoms with E-state index in [1.165, 1.54) is 0 Å². The topological polar surface area (TPSA) is 130 Å². The summed E-state index contributed by atoms with van der Waals surface area (Å²) in [5, 5.41) is 11.6. The van der Waals surface area contributed by atoms with Gasteiger partial charge in [-0.25, -0.2) is 15.0 Å². The van der Waals surface area contributed by atoms with Gasteiger partial charge in [-0.15, -0.1) is 0 Å². The average molecular weight is 476 g/mol. The molecule has 5 heterocycles. The molecule has 1 aromatic carbocycles. The van der Waals surface area contributed by atoms with Crippen molar-refractivity contribution >= 4 is 33.5 Å². The molecule has 3 N–H and O–H groups in total. The Kier molecular flexibility index (Phi) is 4.47. The van der Waals surface area contributed by atoms with Crippen LogP contribution >= 0.6 is 0 Å². The zero-order valence-electron chi connectivity index (χ0n) is 19.4. The zero-order chi connectivity index (χ0) is 24.2. The van der Waals surface area contributed by atoms with Crippen molar-refractivity contribution in [2.75, 3.05) is 5.32 Å². The fourth-order valence-corrected chi connectivity index (χ4v) is 4.39. The Morgan fingerprint density at radius 2 is 2.00 bits per heavy atom. The van der Waals surface area contributed by atoms with E-state index in [9.17, 15) is 4.79 Å². The number of H-pyrrole nitrogens is 2. The smallest absolute Gasteiger partial charge is 0.227 e. The summed E-state index contributed by atoms with van der Waals surface area (Å²) in [6.45, 7) is 1.94. The van der Waals surface area contributed by atoms with Gasteiger partial charge in [-0.1, -0.05) is 6.07 Å². The van der Waals surface area contributed by atoms with Crippen LogP contribution in [-0.4, -0.2) is 45.6 Å². The summed E-state index contributed by atoms with van der Waals surface area (Å²) in [5.41, 5.74) is 6.67. The largest absolute Gasteiger partial charge is 0.336 e. The number of hydrogen-bond acceptors (Lipinski definition) is 6. The normalized spacial score (nSPS) is 13.5. The summed E-state index contributed by atoms with van der Waals surface area (Å²) < 4.78 is 1.87. The number of aryl methyl sites for hydroxylation is 1. The lowest BCUT2D eigenvalue weighted by atomic mass is 10.0. The first-order chi connectivity index (χ1) is 17.6. The SMILES string of the molecule is Cc1cn(-c2nccc3[nH]c(-c4n[nH]c5ccc(-c6cncc(NC(=O)C7CC7)c6)cc45)nc23)cn1. The van der Waals surface area contributed by atoms with Crippen LogP contribution in [-0.2, 0) is 4.79 Å². The molecule has 0 unspecified atom stereocenters. The first kappa shape index (κ1) is 20.5. The van der Waals surface area contributed by atoms with Gasteiger partial charge in [0.15, 0.2) is 11.6 Å². The number of pyridine rings is 2. The number of carbonyl (C=O) groups is 1. The Hall–Kier alpha value is -4.86. The van der Waals surface area contributed by atoms with Crippen molar-refractivity contribution in [1.82, 2.24) is 39.7 Å². The van der Waals surface area contributed by atoms with Crippen LogP contribution in [0.15, 0.2) is 61.4 Å². The van der Waals surface area contributed by atoms with E-state index in [0.717, 1.165) is 51.6 Å². The van der Waals surface area contributed by atoms with Gasteiger partial charge in [0.05, 0.1) is 28.6 Å². The lowest BCUT2D eigenvalue weighted by Crippen LogP contribution is -2.13. The molecule has 1 aliphatic rings. The number of benzene rings is 1. The van der Waals surface area contributed by atoms with Crippen LogP contribution in [0.5, 0.6) is 0 Å². The number of carbonyl (C=O) groups excluding carboxylic acids is 1. The number of amides is 1. The van der Waals surface area contributed by atoms with E-state index in [2.05, 4.69) is 41.5 Å². The Bertz CT molecular complexity index is 1770. The molecule has 1 fully saturated rings. The summed E-state index contributed by atoms with van der Waals surface area (Å²) in [6, 6.07) is 9.90. The Morgan fingerprint density at radius 1 is 1.08 bits per heavy atom. The summed E-state index contributed by atoms with van der Waals surface area (Å²) in [6.07, 6.45) is 10.8. The summed E-state index contributed by atoms with van der Waals surface area (Å²) in [7, 11) is 0. The Balaban J connectivity index is 1.28. The van der Waals surface area contributed by atoms with Crippen molar-refractivity contribution in [3.05, 3.63) is 67.1 Å². The maximum atomic E-state index is 12.2. The zero-order valence-corrected chi connectivity index (χ0v) is 19.4. The monoisotopic (exact) mass is 475 g/mol. The number of fused-ring (bicyclic) bond motifs is 2. The maximum Gasteiger partial charge on any atom is 0.227 e. The number of aromatic nitrogens is 8. The quantitative estimate of drug-likeness (QED) is 0.339. The molecule has 0 spiro atoms. The second-order valence-corrected chi connectivity index (χ2v) is 9.10. The van der Waals surface area contributed by atoms with E-state index in [1.807, 2.05) is 42.0 Å². The minimum absolute atomic E-state index is 0.0612. The third-order valence-corrected chi connectivity index (χ3v) is 6.41. The molecular formula is C26H21N9O. The highest BCUT2D eigenvalue weighted by molar-refractivity contribution is 5.97. The number of nitrogens with zero attached hydrogens (tertiary/aromatic N) is 6. The van der Waals surface area contributed by atoms with Crippen LogP contribution in [0.25, 0.3) is 50.4 Å². The molecule has 0 aliphatic heterocycles. The minimum Gasteiger partial charge on any atom is -0.336 e. The first-order valence-corrected chi connectivity index (χ1v) is 11.7. The molecule has 5 aromatic heterocycles. The predicted molar refractivity (Wildman–Crippen MR) is 135 cm³/mol. The van der Waals surface area contributed by atoms with Crippen LogP contribution in [0, 0.1) is 12.8 Å². The number of aromatic amines is 2. The van der Waals surface area contributed by atoms with Crippen molar-refractivity contribution in [3.63, 3.8) is 0 Å². The molecule has 6 aromatic rings. The van der Waals surface area contributed by atoms with Crippen molar-refractivity contribution in [1.29, 1.82) is 0 Å². The van der Waals surface area contributed by atoms with Crippen molar-refractivity contribution in [3.8, 4) is 28.5 Å². The van der Waals surface area contributed by atoms with Gasteiger partial charge in [-0.3, -0.25) is 19.4 Å². The number of rotatable bonds is 5. The van der Waals surface area contributed by atoms with Gasteiger partial charge in [-0.05, 0) is 49.6 Å². The van der Waals surface area contributed by atoms with E-state index < -0.39 is 0 Å². The van der Waals surface area contributed by atoms with Gasteiger partial charge in [0, 0.05) is 35.5 Å². The van der Waals surface area contributed by atoms with E-state index in [-0.39, 0.29) is 11.8 Å². The highest BCUT2D eigenvalue weighted by Crippen LogP contribution is 2.33. The van der Waals surface area contributed by atoms with Crippen LogP contribution < -0.4 is 5.32 Å². The average Bonchev–Trinajstić information content (AvgIpc) is 3.30. The lowest BCUT2D eigenvalue weighted by Gasteiger charge is -2.07. The molecule has 1 saturated carbocycles. The third-order valence-electron chi connectivity index (χ3n) is 6.41. The summed E-state index contributed by atoms with van der Waals surface area (Å²) >= 11 is 0. The van der Waals surface area contributed by atoms with E-state index in [4.69, 9.17) is 4.98 Å². The molecule has 7 rings (SSSR count). The van der Waals surface area contributed by atoms with E-state index in [0.29, 0.717) is 23.0 Å². The minimum atomic E-state index is 0.0612. The number of nitrogens with one attached hydrogen (secondary N) is 3. The molecule has 0 atom stereocenters. The molecule has 0 saturated heterocycles. The van der Waals surface area contributed by atoms with Crippen LogP contribution in [0.2, 0.25) is 0 Å². The highest BCUT2D eigenvalue weighted by atomic mass is 16.2. The van der Waals surface area contributed by atoms with Gasteiger partial charge in [0.2, 0.25) is 5.91 Å². The number of anilines is 1. The van der Waals surface area contributed by atoms with Crippen molar-refractivity contribution < 1.29 is 4.79 Å². The third kappa shape index (κ3) is 3.50. The lowest BCUT2D eigenvalue weighted by molar-refractivity contribution is -0.117. The van der Waals surface area contributed by atoms with Gasteiger partial charge >= 0.3 is 0 Å². The number of imidazole rings is 2. The molecule has 10 nitrogen and oxygen atoms in total. The summed E-state index contributed by atoms with van der Waals surface area (Å²) in [4.78, 5) is 33.6. The highest BCUT2D eigenvalue weighted by Gasteiger charge is 2.29. The molecule has 0 bridgehead atoms. The molecule has 0 radical (unpaired) electrons. The Labute approximate surface area is 204 Å². The van der Waals surface area contributed by atoms with Gasteiger partial charge in [0.1, 0.15) is 17.5 Å². The molecule has 176 valence electrons. The number of hydrogen-bond donors (Lipinski definition) is 3. The van der Waals surface area contributed by atoms with E-state index in [1.54, 1.807) is 24.9 Å². The van der Waals surface area contributed by atoms with Gasteiger partial charge < -0.3 is 10.3 Å². The maximum absolute atomic E-state index is 12.2. The second kappa shape index (κ2) is 7.84. The van der Waals surface area contributed by atoms with Gasteiger partial charge in [0.25, 0.3) is 0 Å². The standard InChI is InChI=1S/C26H21N9O/c1-14-12-35(13-29-14)25-23-21(6-7-28-25)31-24(32-23)22-19-9-16(4-5-20(19)33-34-22)17-8-18(11-27-10-17)30-26(36)15-2-3-15/h4-13,15H,2-3H2,1H3,(H,30,36)(H,31,32)(H,33,34). The molecule has 1 amide bonds. The molecular weight excluding hydrogens is 454 g/mol. The second-order valence-electron chi connectivity index (χ2n) is 9.10. The summed E-state index contributed by atoms with van der Waals surface area (Å²) in [5.74, 6) is 1.54.